The molecule has 8 amide bonds. The summed E-state index contributed by atoms with van der Waals surface area (Å²) in [7, 11) is 0. The van der Waals surface area contributed by atoms with Crippen LogP contribution in [-0.4, -0.2) is 290 Å². The molecule has 0 aromatic rings. The molecule has 1 heterocycles. The Kier molecular flexibility index (Phi) is 37.2. The van der Waals surface area contributed by atoms with Crippen molar-refractivity contribution in [3.8, 4) is 0 Å². The van der Waals surface area contributed by atoms with Gasteiger partial charge in [0.1, 0.15) is 48.8 Å². The van der Waals surface area contributed by atoms with Crippen LogP contribution in [0.25, 0.3) is 0 Å². The molecule has 2 aliphatic carbocycles. The van der Waals surface area contributed by atoms with Gasteiger partial charge in [0.25, 0.3) is 0 Å². The van der Waals surface area contributed by atoms with Crippen LogP contribution in [0.15, 0.2) is 0 Å². The number of hydrogen-bond donors (Lipinski definition) is 17. The van der Waals surface area contributed by atoms with Gasteiger partial charge in [-0.25, -0.2) is 0 Å². The minimum atomic E-state index is -1.56. The summed E-state index contributed by atoms with van der Waals surface area (Å²) in [4.78, 5) is 101. The fourth-order valence-electron chi connectivity index (χ4n) is 10.1. The van der Waals surface area contributed by atoms with Crippen molar-refractivity contribution in [2.24, 2.45) is 11.8 Å². The monoisotopic (exact) mass is 1280 g/mol. The van der Waals surface area contributed by atoms with Gasteiger partial charge in [0.15, 0.2) is 6.29 Å². The molecule has 3 fully saturated rings. The van der Waals surface area contributed by atoms with Gasteiger partial charge in [-0.15, -0.1) is 0 Å². The van der Waals surface area contributed by atoms with Crippen molar-refractivity contribution in [1.82, 2.24) is 42.5 Å². The molecule has 33 heteroatoms. The van der Waals surface area contributed by atoms with Crippen molar-refractivity contribution in [3.05, 3.63) is 0 Å². The van der Waals surface area contributed by atoms with Gasteiger partial charge < -0.3 is 126 Å². The van der Waals surface area contributed by atoms with E-state index < -0.39 is 164 Å². The summed E-state index contributed by atoms with van der Waals surface area (Å²) in [6.07, 6.45) is -12.3. The maximum atomic E-state index is 13.7. The largest absolute Gasteiger partial charge is 0.396 e. The van der Waals surface area contributed by atoms with Gasteiger partial charge in [-0.1, -0.05) is 0 Å². The second kappa shape index (κ2) is 42.3. The molecular weight excluding hydrogens is 1180 g/mol. The van der Waals surface area contributed by atoms with Crippen LogP contribution in [0.1, 0.15) is 98.8 Å². The van der Waals surface area contributed by atoms with Crippen molar-refractivity contribution in [2.75, 3.05) is 106 Å². The lowest BCUT2D eigenvalue weighted by molar-refractivity contribution is -0.270. The van der Waals surface area contributed by atoms with Crippen molar-refractivity contribution in [1.29, 1.82) is 0 Å². The standard InChI is InChI=1S/C56H100N8O25/c1-32(2)88-31-60-41(71)9-10-45(75)64-56(28-82-20-11-42(72)57-14-6-17-85-38-23-36(25-65)49(76)52(79)46(38)61-33(3)68,29-83-21-12-43(73)58-15-7-18-86-39-24-37(26-66)50(77)53(80)47(39)62-34(4)69)30-84-22-13-44(74)59-16-8-19-87-55-48(63-35(5)70)54(81)51(78)40(27-67)89-55/h32,36-40,46-55,65-67,76-81H,6-31H2,1-5H3,(H,57,72)(H,58,73)(H,59,74)(H,60,71)(H,61,68)(H,62,69)(H,63,70)(H,64,75)/t36?,37?,38-,39-,40?,46?,47?,48?,49+,50+,51+,52-,53-,54-,55-,56?/m1/s1. The highest BCUT2D eigenvalue weighted by Crippen LogP contribution is 2.30. The first-order valence-electron chi connectivity index (χ1n) is 30.3. The number of carbonyl (C=O) groups is 8. The molecule has 0 radical (unpaired) electrons. The Morgan fingerprint density at radius 1 is 0.472 bits per heavy atom. The van der Waals surface area contributed by atoms with Crippen LogP contribution in [0.5, 0.6) is 0 Å². The van der Waals surface area contributed by atoms with Crippen LogP contribution in [0.3, 0.4) is 0 Å². The number of ether oxygens (including phenoxy) is 8. The number of rotatable bonds is 43. The zero-order valence-corrected chi connectivity index (χ0v) is 51.7. The second-order valence-corrected chi connectivity index (χ2v) is 22.7. The van der Waals surface area contributed by atoms with Gasteiger partial charge in [0, 0.05) is 111 Å². The average molecular weight is 1290 g/mol. The maximum absolute atomic E-state index is 13.7. The number of amides is 8. The molecule has 3 rings (SSSR count). The number of aliphatic hydroxyl groups excluding tert-OH is 9. The van der Waals surface area contributed by atoms with Crippen molar-refractivity contribution >= 4 is 47.3 Å². The van der Waals surface area contributed by atoms with Crippen molar-refractivity contribution < 1.29 is 122 Å². The molecule has 0 bridgehead atoms. The third-order valence-corrected chi connectivity index (χ3v) is 14.8. The number of carbonyl (C=O) groups excluding carboxylic acids is 8. The number of hydrogen-bond acceptors (Lipinski definition) is 25. The minimum absolute atomic E-state index is 0.0356. The van der Waals surface area contributed by atoms with Crippen molar-refractivity contribution in [3.63, 3.8) is 0 Å². The van der Waals surface area contributed by atoms with Crippen LogP contribution < -0.4 is 42.5 Å². The van der Waals surface area contributed by atoms with E-state index in [1.165, 1.54) is 20.8 Å². The predicted molar refractivity (Wildman–Crippen MR) is 309 cm³/mol. The van der Waals surface area contributed by atoms with Gasteiger partial charge in [0.2, 0.25) is 47.3 Å². The first kappa shape index (κ1) is 78.3. The van der Waals surface area contributed by atoms with Gasteiger partial charge in [-0.2, -0.15) is 0 Å². The van der Waals surface area contributed by atoms with Crippen LogP contribution in [-0.2, 0) is 76.3 Å². The van der Waals surface area contributed by atoms with E-state index in [2.05, 4.69) is 42.5 Å². The Morgan fingerprint density at radius 2 is 0.854 bits per heavy atom. The zero-order valence-electron chi connectivity index (χ0n) is 51.7. The molecule has 2 saturated carbocycles. The van der Waals surface area contributed by atoms with E-state index in [0.717, 1.165) is 0 Å². The quantitative estimate of drug-likeness (QED) is 0.0199. The third kappa shape index (κ3) is 29.1. The molecule has 33 nitrogen and oxygen atoms in total. The van der Waals surface area contributed by atoms with E-state index >= 15 is 0 Å². The number of nitrogens with one attached hydrogen (secondary N) is 8. The third-order valence-electron chi connectivity index (χ3n) is 14.8. The molecule has 1 saturated heterocycles. The highest BCUT2D eigenvalue weighted by Gasteiger charge is 2.47. The summed E-state index contributed by atoms with van der Waals surface area (Å²) in [5.41, 5.74) is -1.56. The summed E-state index contributed by atoms with van der Waals surface area (Å²) in [6.45, 7) is 4.62. The smallest absolute Gasteiger partial charge is 0.222 e. The molecular formula is C56H100N8O25. The van der Waals surface area contributed by atoms with Gasteiger partial charge >= 0.3 is 0 Å². The van der Waals surface area contributed by atoms with E-state index in [9.17, 15) is 84.3 Å². The van der Waals surface area contributed by atoms with Crippen LogP contribution >= 0.6 is 0 Å². The van der Waals surface area contributed by atoms with Crippen molar-refractivity contribution in [2.45, 2.75) is 190 Å². The SMILES string of the molecule is CC(=O)NC1[C@H](OCCCNC(=O)CCOCC(COCCC(=O)NCCCO[C@@H]2CC(CO)[C@H](O)[C@H](O)C2NC(C)=O)(COCCC(=O)NCCCO[C@@H]2CC(CO)[C@H](O)[C@H](O)C2NC(C)=O)NC(=O)CCC(=O)NCOC(C)C)OC(CO)[C@H](O)[C@@H]1O. The van der Waals surface area contributed by atoms with E-state index in [0.29, 0.717) is 12.8 Å². The maximum Gasteiger partial charge on any atom is 0.222 e. The van der Waals surface area contributed by atoms with E-state index in [-0.39, 0.29) is 143 Å². The van der Waals surface area contributed by atoms with E-state index in [1.807, 2.05) is 0 Å². The molecule has 1 aliphatic heterocycles. The van der Waals surface area contributed by atoms with Crippen LogP contribution in [0.4, 0.5) is 0 Å². The Hall–Kier alpha value is -4.92. The molecule has 0 aromatic heterocycles. The predicted octanol–water partition coefficient (Wildman–Crippen LogP) is -6.93. The summed E-state index contributed by atoms with van der Waals surface area (Å²) in [5, 5.41) is 113. The Morgan fingerprint density at radius 3 is 1.25 bits per heavy atom. The van der Waals surface area contributed by atoms with Gasteiger partial charge in [0.05, 0.1) is 95.5 Å². The lowest BCUT2D eigenvalue weighted by Crippen LogP contribution is -2.64. The highest BCUT2D eigenvalue weighted by atomic mass is 16.7. The second-order valence-electron chi connectivity index (χ2n) is 22.7. The van der Waals surface area contributed by atoms with Crippen LogP contribution in [0.2, 0.25) is 0 Å². The first-order valence-corrected chi connectivity index (χ1v) is 30.3. The molecule has 0 aromatic carbocycles. The number of aliphatic hydroxyl groups is 9. The van der Waals surface area contributed by atoms with Gasteiger partial charge in [-0.3, -0.25) is 38.4 Å². The topological polar surface area (TPSA) is 489 Å². The summed E-state index contributed by atoms with van der Waals surface area (Å²) >= 11 is 0. The van der Waals surface area contributed by atoms with Crippen LogP contribution in [0, 0.1) is 11.8 Å². The molecule has 3 aliphatic rings. The first-order chi connectivity index (χ1) is 42.3. The lowest BCUT2D eigenvalue weighted by atomic mass is 9.79. The summed E-state index contributed by atoms with van der Waals surface area (Å²) in [6, 6.07) is -3.02. The highest BCUT2D eigenvalue weighted by molar-refractivity contribution is 5.84. The normalized spacial score (nSPS) is 27.6. The fourth-order valence-corrected chi connectivity index (χ4v) is 10.1. The zero-order chi connectivity index (χ0) is 66.1. The average Bonchev–Trinajstić information content (AvgIpc) is 2.16. The molecule has 17 N–H and O–H groups in total. The van der Waals surface area contributed by atoms with Gasteiger partial charge in [-0.05, 0) is 46.0 Å². The fraction of sp³-hybridized carbons (Fsp3) is 0.857. The molecule has 514 valence electrons. The van der Waals surface area contributed by atoms with E-state index in [4.69, 9.17) is 37.9 Å². The minimum Gasteiger partial charge on any atom is -0.396 e. The Labute approximate surface area is 518 Å². The Bertz CT molecular complexity index is 1950. The molecule has 6 unspecified atom stereocenters. The molecule has 89 heavy (non-hydrogen) atoms. The summed E-state index contributed by atoms with van der Waals surface area (Å²) in [5.74, 6) is -5.23. The summed E-state index contributed by atoms with van der Waals surface area (Å²) < 4.78 is 46.4. The molecule has 15 atom stereocenters. The Balaban J connectivity index is 1.65. The van der Waals surface area contributed by atoms with E-state index in [1.54, 1.807) is 13.8 Å². The lowest BCUT2D eigenvalue weighted by Gasteiger charge is -2.42. The molecule has 0 spiro atoms.